The highest BCUT2D eigenvalue weighted by Crippen LogP contribution is 2.44. The number of aliphatic hydroxyl groups excluding tert-OH is 1. The van der Waals surface area contributed by atoms with Gasteiger partial charge in [-0.15, -0.1) is 0 Å². The zero-order valence-electron chi connectivity index (χ0n) is 19.1. The molecule has 2 aromatic rings. The number of benzene rings is 2. The van der Waals surface area contributed by atoms with Crippen molar-refractivity contribution in [3.63, 3.8) is 0 Å². The van der Waals surface area contributed by atoms with Crippen LogP contribution < -0.4 is 5.32 Å². The Morgan fingerprint density at radius 1 is 1.06 bits per heavy atom. The van der Waals surface area contributed by atoms with E-state index in [2.05, 4.69) is 53.5 Å². The van der Waals surface area contributed by atoms with Crippen LogP contribution in [0.15, 0.2) is 48.5 Å². The highest BCUT2D eigenvalue weighted by atomic mass is 16.5. The maximum absolute atomic E-state index is 12.3. The third kappa shape index (κ3) is 5.33. The number of aliphatic hydroxyl groups is 1. The molecule has 2 aromatic carbocycles. The SMILES string of the molecule is CC(CO)C1CCN(CCCCNC(=O)OCC2c3ccccc3-c3ccccc32)CC1. The van der Waals surface area contributed by atoms with E-state index in [0.717, 1.165) is 32.5 Å². The Morgan fingerprint density at radius 3 is 2.31 bits per heavy atom. The number of likely N-dealkylation sites (tertiary alicyclic amines) is 1. The van der Waals surface area contributed by atoms with Crippen molar-refractivity contribution in [2.45, 2.75) is 38.5 Å². The van der Waals surface area contributed by atoms with Crippen molar-refractivity contribution in [2.75, 3.05) is 39.4 Å². The predicted molar refractivity (Wildman–Crippen MR) is 128 cm³/mol. The second-order valence-corrected chi connectivity index (χ2v) is 9.30. The molecule has 2 aliphatic rings. The Balaban J connectivity index is 1.14. The summed E-state index contributed by atoms with van der Waals surface area (Å²) in [6.07, 6.45) is 4.06. The fraction of sp³-hybridized carbons (Fsp3) is 0.519. The van der Waals surface area contributed by atoms with Crippen LogP contribution in [0.5, 0.6) is 0 Å². The van der Waals surface area contributed by atoms with E-state index < -0.39 is 0 Å². The number of rotatable bonds is 9. The largest absolute Gasteiger partial charge is 0.449 e. The molecule has 0 spiro atoms. The summed E-state index contributed by atoms with van der Waals surface area (Å²) in [5.74, 6) is 1.18. The van der Waals surface area contributed by atoms with E-state index in [1.54, 1.807) is 0 Å². The maximum atomic E-state index is 12.3. The molecule has 1 atom stereocenters. The van der Waals surface area contributed by atoms with Crippen molar-refractivity contribution < 1.29 is 14.6 Å². The molecule has 0 aromatic heterocycles. The molecule has 32 heavy (non-hydrogen) atoms. The predicted octanol–water partition coefficient (Wildman–Crippen LogP) is 4.65. The van der Waals surface area contributed by atoms with Crippen LogP contribution in [0.3, 0.4) is 0 Å². The number of ether oxygens (including phenoxy) is 1. The third-order valence-corrected chi connectivity index (χ3v) is 7.24. The number of hydrogen-bond acceptors (Lipinski definition) is 4. The van der Waals surface area contributed by atoms with Crippen LogP contribution in [-0.4, -0.2) is 55.5 Å². The molecule has 1 aliphatic carbocycles. The standard InChI is InChI=1S/C27H36N2O3/c1-20(18-30)21-12-16-29(17-13-21)15-7-6-14-28-27(31)32-19-26-24-10-4-2-8-22(24)23-9-3-5-11-25(23)26/h2-5,8-11,20-21,26,30H,6-7,12-19H2,1H3,(H,28,31). The summed E-state index contributed by atoms with van der Waals surface area (Å²) in [6, 6.07) is 16.8. The minimum atomic E-state index is -0.328. The van der Waals surface area contributed by atoms with Crippen LogP contribution in [0.4, 0.5) is 4.79 Å². The molecule has 0 saturated carbocycles. The molecular weight excluding hydrogens is 400 g/mol. The van der Waals surface area contributed by atoms with Crippen LogP contribution >= 0.6 is 0 Å². The Bertz CT molecular complexity index is 846. The topological polar surface area (TPSA) is 61.8 Å². The van der Waals surface area contributed by atoms with Gasteiger partial charge in [0, 0.05) is 19.1 Å². The number of carbonyl (C=O) groups is 1. The Kier molecular flexibility index (Phi) is 7.82. The van der Waals surface area contributed by atoms with Crippen molar-refractivity contribution in [1.29, 1.82) is 0 Å². The van der Waals surface area contributed by atoms with Gasteiger partial charge >= 0.3 is 6.09 Å². The minimum absolute atomic E-state index is 0.102. The highest BCUT2D eigenvalue weighted by Gasteiger charge is 2.29. The lowest BCUT2D eigenvalue weighted by atomic mass is 9.86. The first kappa shape index (κ1) is 22.8. The zero-order valence-corrected chi connectivity index (χ0v) is 19.1. The smallest absolute Gasteiger partial charge is 0.407 e. The number of fused-ring (bicyclic) bond motifs is 3. The van der Waals surface area contributed by atoms with Crippen molar-refractivity contribution in [2.24, 2.45) is 11.8 Å². The van der Waals surface area contributed by atoms with E-state index in [4.69, 9.17) is 4.74 Å². The van der Waals surface area contributed by atoms with Gasteiger partial charge in [-0.2, -0.15) is 0 Å². The van der Waals surface area contributed by atoms with E-state index in [1.165, 1.54) is 35.1 Å². The molecule has 2 N–H and O–H groups in total. The molecule has 1 amide bonds. The fourth-order valence-corrected chi connectivity index (χ4v) is 5.19. The first-order chi connectivity index (χ1) is 15.7. The van der Waals surface area contributed by atoms with Crippen LogP contribution in [-0.2, 0) is 4.74 Å². The lowest BCUT2D eigenvalue weighted by Gasteiger charge is -2.34. The van der Waals surface area contributed by atoms with Gasteiger partial charge in [0.25, 0.3) is 0 Å². The maximum Gasteiger partial charge on any atom is 0.407 e. The van der Waals surface area contributed by atoms with Crippen molar-refractivity contribution in [1.82, 2.24) is 10.2 Å². The average Bonchev–Trinajstić information content (AvgIpc) is 3.16. The molecule has 4 rings (SSSR count). The quantitative estimate of drug-likeness (QED) is 0.562. The van der Waals surface area contributed by atoms with Crippen molar-refractivity contribution >= 4 is 6.09 Å². The molecule has 1 fully saturated rings. The van der Waals surface area contributed by atoms with E-state index in [0.29, 0.717) is 31.6 Å². The highest BCUT2D eigenvalue weighted by molar-refractivity contribution is 5.79. The van der Waals surface area contributed by atoms with Gasteiger partial charge in [-0.1, -0.05) is 55.5 Å². The molecule has 0 bridgehead atoms. The molecule has 1 unspecified atom stereocenters. The first-order valence-corrected chi connectivity index (χ1v) is 12.1. The lowest BCUT2D eigenvalue weighted by molar-refractivity contribution is 0.114. The fourth-order valence-electron chi connectivity index (χ4n) is 5.19. The van der Waals surface area contributed by atoms with Crippen LogP contribution in [0.25, 0.3) is 11.1 Å². The Labute approximate surface area is 191 Å². The summed E-state index contributed by atoms with van der Waals surface area (Å²) in [7, 11) is 0. The van der Waals surface area contributed by atoms with Gasteiger partial charge in [0.05, 0.1) is 0 Å². The summed E-state index contributed by atoms with van der Waals surface area (Å²) in [6.45, 7) is 6.77. The van der Waals surface area contributed by atoms with Crippen LogP contribution in [0.2, 0.25) is 0 Å². The average molecular weight is 437 g/mol. The molecule has 1 aliphatic heterocycles. The van der Waals surface area contributed by atoms with E-state index in [9.17, 15) is 9.90 Å². The monoisotopic (exact) mass is 436 g/mol. The number of nitrogens with one attached hydrogen (secondary N) is 1. The number of nitrogens with zero attached hydrogens (tertiary/aromatic N) is 1. The number of hydrogen-bond donors (Lipinski definition) is 2. The van der Waals surface area contributed by atoms with Crippen molar-refractivity contribution in [3.8, 4) is 11.1 Å². The summed E-state index contributed by atoms with van der Waals surface area (Å²) in [5.41, 5.74) is 4.95. The van der Waals surface area contributed by atoms with Crippen LogP contribution in [0.1, 0.15) is 49.7 Å². The summed E-state index contributed by atoms with van der Waals surface area (Å²) in [5, 5.41) is 12.2. The van der Waals surface area contributed by atoms with Gasteiger partial charge in [0.1, 0.15) is 6.61 Å². The molecule has 0 radical (unpaired) electrons. The first-order valence-electron chi connectivity index (χ1n) is 12.1. The van der Waals surface area contributed by atoms with E-state index in [-0.39, 0.29) is 12.0 Å². The van der Waals surface area contributed by atoms with Gasteiger partial charge in [-0.05, 0) is 79.4 Å². The molecule has 172 valence electrons. The molecule has 5 heteroatoms. The second kappa shape index (κ2) is 11.0. The normalized spacial score (nSPS) is 17.6. The summed E-state index contributed by atoms with van der Waals surface area (Å²) < 4.78 is 5.60. The van der Waals surface area contributed by atoms with Gasteiger partial charge in [-0.3, -0.25) is 0 Å². The number of alkyl carbamates (subject to hydrolysis) is 1. The lowest BCUT2D eigenvalue weighted by Crippen LogP contribution is -2.37. The number of carbonyl (C=O) groups excluding carboxylic acids is 1. The van der Waals surface area contributed by atoms with E-state index in [1.807, 2.05) is 12.1 Å². The Hall–Kier alpha value is -2.37. The zero-order chi connectivity index (χ0) is 22.3. The Morgan fingerprint density at radius 2 is 1.69 bits per heavy atom. The number of unbranched alkanes of at least 4 members (excludes halogenated alkanes) is 1. The summed E-state index contributed by atoms with van der Waals surface area (Å²) >= 11 is 0. The van der Waals surface area contributed by atoms with Crippen molar-refractivity contribution in [3.05, 3.63) is 59.7 Å². The minimum Gasteiger partial charge on any atom is -0.449 e. The molecular formula is C27H36N2O3. The van der Waals surface area contributed by atoms with Gasteiger partial charge in [-0.25, -0.2) is 4.79 Å². The number of amides is 1. The molecule has 1 heterocycles. The third-order valence-electron chi connectivity index (χ3n) is 7.24. The van der Waals surface area contributed by atoms with Crippen LogP contribution in [0, 0.1) is 11.8 Å². The van der Waals surface area contributed by atoms with Gasteiger partial charge in [0.15, 0.2) is 0 Å². The second-order valence-electron chi connectivity index (χ2n) is 9.30. The van der Waals surface area contributed by atoms with Gasteiger partial charge in [0.2, 0.25) is 0 Å². The van der Waals surface area contributed by atoms with Gasteiger partial charge < -0.3 is 20.1 Å². The van der Waals surface area contributed by atoms with E-state index >= 15 is 0 Å². The molecule has 5 nitrogen and oxygen atoms in total. The molecule has 1 saturated heterocycles. The summed E-state index contributed by atoms with van der Waals surface area (Å²) in [4.78, 5) is 14.8. The number of piperidine rings is 1.